The molecule has 142 valence electrons. The number of carbonyl (C=O) groups excluding carboxylic acids is 1. The summed E-state index contributed by atoms with van der Waals surface area (Å²) in [6, 6.07) is 0.401. The van der Waals surface area contributed by atoms with Crippen LogP contribution in [0, 0.1) is 0 Å². The van der Waals surface area contributed by atoms with Gasteiger partial charge in [-0.2, -0.15) is 0 Å². The summed E-state index contributed by atoms with van der Waals surface area (Å²) in [6.45, 7) is 8.99. The predicted molar refractivity (Wildman–Crippen MR) is 102 cm³/mol. The van der Waals surface area contributed by atoms with Crippen LogP contribution in [0.5, 0.6) is 0 Å². The second-order valence-electron chi connectivity index (χ2n) is 8.44. The molecule has 1 fully saturated rings. The molecule has 1 rings (SSSR count). The van der Waals surface area contributed by atoms with Crippen LogP contribution in [0.25, 0.3) is 0 Å². The Morgan fingerprint density at radius 2 is 1.54 bits per heavy atom. The van der Waals surface area contributed by atoms with Crippen molar-refractivity contribution < 1.29 is 9.53 Å². The third-order valence-corrected chi connectivity index (χ3v) is 4.90. The molecule has 1 amide bonds. The van der Waals surface area contributed by atoms with E-state index in [1.54, 1.807) is 0 Å². The number of rotatable bonds is 10. The van der Waals surface area contributed by atoms with Crippen molar-refractivity contribution >= 4 is 6.09 Å². The van der Waals surface area contributed by atoms with Gasteiger partial charge in [-0.15, -0.1) is 0 Å². The van der Waals surface area contributed by atoms with Crippen molar-refractivity contribution in [1.82, 2.24) is 4.90 Å². The molecular weight excluding hydrogens is 298 g/mol. The molecule has 3 nitrogen and oxygen atoms in total. The fourth-order valence-corrected chi connectivity index (χ4v) is 3.55. The van der Waals surface area contributed by atoms with Crippen LogP contribution in [-0.4, -0.2) is 29.2 Å². The summed E-state index contributed by atoms with van der Waals surface area (Å²) < 4.78 is 5.59. The summed E-state index contributed by atoms with van der Waals surface area (Å²) in [6.07, 6.45) is 16.8. The maximum atomic E-state index is 12.4. The molecule has 3 heteroatoms. The number of amides is 1. The van der Waals surface area contributed by atoms with Crippen molar-refractivity contribution in [3.05, 3.63) is 0 Å². The SMILES string of the molecule is CCCCCCCCCCC[C@H]1CCCCN1C(=O)OC(C)(C)C. The third-order valence-electron chi connectivity index (χ3n) is 4.90. The first-order valence-corrected chi connectivity index (χ1v) is 10.4. The van der Waals surface area contributed by atoms with Gasteiger partial charge in [0, 0.05) is 12.6 Å². The van der Waals surface area contributed by atoms with Crippen molar-refractivity contribution in [2.75, 3.05) is 6.54 Å². The Balaban J connectivity index is 2.18. The fourth-order valence-electron chi connectivity index (χ4n) is 3.55. The van der Waals surface area contributed by atoms with E-state index in [1.165, 1.54) is 64.2 Å². The van der Waals surface area contributed by atoms with Crippen molar-refractivity contribution in [2.24, 2.45) is 0 Å². The van der Waals surface area contributed by atoms with Crippen LogP contribution in [0.15, 0.2) is 0 Å². The maximum absolute atomic E-state index is 12.4. The molecule has 1 atom stereocenters. The minimum Gasteiger partial charge on any atom is -0.444 e. The average molecular weight is 340 g/mol. The van der Waals surface area contributed by atoms with Gasteiger partial charge in [-0.1, -0.05) is 64.7 Å². The summed E-state index contributed by atoms with van der Waals surface area (Å²) in [5.41, 5.74) is -0.392. The van der Waals surface area contributed by atoms with Crippen molar-refractivity contribution in [1.29, 1.82) is 0 Å². The van der Waals surface area contributed by atoms with Gasteiger partial charge in [0.15, 0.2) is 0 Å². The quantitative estimate of drug-likeness (QED) is 0.415. The summed E-state index contributed by atoms with van der Waals surface area (Å²) in [5, 5.41) is 0. The molecule has 0 aromatic heterocycles. The molecule has 1 saturated heterocycles. The highest BCUT2D eigenvalue weighted by molar-refractivity contribution is 5.68. The summed E-state index contributed by atoms with van der Waals surface area (Å²) >= 11 is 0. The molecule has 0 spiro atoms. The summed E-state index contributed by atoms with van der Waals surface area (Å²) in [5.74, 6) is 0. The lowest BCUT2D eigenvalue weighted by Gasteiger charge is -2.37. The lowest BCUT2D eigenvalue weighted by molar-refractivity contribution is 0.00858. The van der Waals surface area contributed by atoms with Crippen LogP contribution in [0.4, 0.5) is 4.79 Å². The minimum absolute atomic E-state index is 0.108. The van der Waals surface area contributed by atoms with Crippen LogP contribution in [0.1, 0.15) is 111 Å². The van der Waals surface area contributed by atoms with E-state index in [1.807, 2.05) is 25.7 Å². The molecule has 1 aliphatic heterocycles. The van der Waals surface area contributed by atoms with Gasteiger partial charge in [0.05, 0.1) is 0 Å². The van der Waals surface area contributed by atoms with E-state index >= 15 is 0 Å². The molecule has 1 heterocycles. The van der Waals surface area contributed by atoms with Gasteiger partial charge < -0.3 is 9.64 Å². The number of likely N-dealkylation sites (tertiary alicyclic amines) is 1. The number of hydrogen-bond acceptors (Lipinski definition) is 2. The smallest absolute Gasteiger partial charge is 0.410 e. The maximum Gasteiger partial charge on any atom is 0.410 e. The molecule has 0 bridgehead atoms. The Morgan fingerprint density at radius 3 is 2.12 bits per heavy atom. The van der Waals surface area contributed by atoms with Gasteiger partial charge in [-0.25, -0.2) is 4.79 Å². The lowest BCUT2D eigenvalue weighted by atomic mass is 9.96. The molecule has 0 unspecified atom stereocenters. The first kappa shape index (κ1) is 21.3. The van der Waals surface area contributed by atoms with Gasteiger partial charge in [0.25, 0.3) is 0 Å². The highest BCUT2D eigenvalue weighted by Crippen LogP contribution is 2.24. The Morgan fingerprint density at radius 1 is 0.958 bits per heavy atom. The number of nitrogens with zero attached hydrogens (tertiary/aromatic N) is 1. The molecule has 0 aliphatic carbocycles. The number of piperidine rings is 1. The average Bonchev–Trinajstić information content (AvgIpc) is 2.52. The van der Waals surface area contributed by atoms with Crippen molar-refractivity contribution in [3.63, 3.8) is 0 Å². The molecule has 0 radical (unpaired) electrons. The van der Waals surface area contributed by atoms with Gasteiger partial charge in [0.2, 0.25) is 0 Å². The van der Waals surface area contributed by atoms with E-state index in [9.17, 15) is 4.79 Å². The van der Waals surface area contributed by atoms with Crippen LogP contribution in [0.2, 0.25) is 0 Å². The van der Waals surface area contributed by atoms with Crippen LogP contribution < -0.4 is 0 Å². The normalized spacial score (nSPS) is 18.7. The van der Waals surface area contributed by atoms with Crippen LogP contribution in [0.3, 0.4) is 0 Å². The topological polar surface area (TPSA) is 29.5 Å². The zero-order chi connectivity index (χ0) is 17.8. The molecule has 0 aromatic carbocycles. The van der Waals surface area contributed by atoms with Crippen molar-refractivity contribution in [3.8, 4) is 0 Å². The zero-order valence-corrected chi connectivity index (χ0v) is 16.7. The Kier molecular flexibility index (Phi) is 10.4. The van der Waals surface area contributed by atoms with E-state index in [0.29, 0.717) is 6.04 Å². The van der Waals surface area contributed by atoms with E-state index < -0.39 is 5.60 Å². The summed E-state index contributed by atoms with van der Waals surface area (Å²) in [4.78, 5) is 14.4. The van der Waals surface area contributed by atoms with E-state index in [4.69, 9.17) is 4.74 Å². The molecular formula is C21H41NO2. The molecule has 0 N–H and O–H groups in total. The number of carbonyl (C=O) groups is 1. The van der Waals surface area contributed by atoms with Crippen LogP contribution in [-0.2, 0) is 4.74 Å². The Bertz CT molecular complexity index is 335. The number of ether oxygens (including phenoxy) is 1. The van der Waals surface area contributed by atoms with E-state index in [2.05, 4.69) is 6.92 Å². The van der Waals surface area contributed by atoms with Crippen LogP contribution >= 0.6 is 0 Å². The highest BCUT2D eigenvalue weighted by Gasteiger charge is 2.29. The van der Waals surface area contributed by atoms with Gasteiger partial charge >= 0.3 is 6.09 Å². The standard InChI is InChI=1S/C21H41NO2/c1-5-6-7-8-9-10-11-12-13-16-19-17-14-15-18-22(19)20(23)24-21(2,3)4/h19H,5-18H2,1-4H3/t19-/m0/s1. The summed E-state index contributed by atoms with van der Waals surface area (Å²) in [7, 11) is 0. The second kappa shape index (κ2) is 11.8. The Hall–Kier alpha value is -0.730. The van der Waals surface area contributed by atoms with Gasteiger partial charge in [0.1, 0.15) is 5.60 Å². The molecule has 0 aromatic rings. The number of unbranched alkanes of at least 4 members (excludes halogenated alkanes) is 8. The molecule has 24 heavy (non-hydrogen) atoms. The first-order chi connectivity index (χ1) is 11.4. The third kappa shape index (κ3) is 9.54. The van der Waals surface area contributed by atoms with Gasteiger partial charge in [-0.05, 0) is 46.5 Å². The van der Waals surface area contributed by atoms with E-state index in [-0.39, 0.29) is 6.09 Å². The highest BCUT2D eigenvalue weighted by atomic mass is 16.6. The zero-order valence-electron chi connectivity index (χ0n) is 16.7. The largest absolute Gasteiger partial charge is 0.444 e. The van der Waals surface area contributed by atoms with E-state index in [0.717, 1.165) is 25.8 Å². The fraction of sp³-hybridized carbons (Fsp3) is 0.952. The molecule has 0 saturated carbocycles. The van der Waals surface area contributed by atoms with Crippen molar-refractivity contribution in [2.45, 2.75) is 123 Å². The minimum atomic E-state index is -0.392. The van der Waals surface area contributed by atoms with Gasteiger partial charge in [-0.3, -0.25) is 0 Å². The monoisotopic (exact) mass is 339 g/mol. The number of hydrogen-bond donors (Lipinski definition) is 0. The first-order valence-electron chi connectivity index (χ1n) is 10.4. The Labute approximate surface area is 150 Å². The molecule has 1 aliphatic rings. The predicted octanol–water partition coefficient (Wildman–Crippen LogP) is 6.70. The lowest BCUT2D eigenvalue weighted by Crippen LogP contribution is -2.46. The second-order valence-corrected chi connectivity index (χ2v) is 8.44.